The lowest BCUT2D eigenvalue weighted by atomic mass is 9.90. The Hall–Kier alpha value is -3.77. The molecule has 0 bridgehead atoms. The van der Waals surface area contributed by atoms with Crippen LogP contribution in [0, 0.1) is 5.92 Å². The molecule has 0 amide bonds. The topological polar surface area (TPSA) is 67.2 Å². The zero-order valence-electron chi connectivity index (χ0n) is 23.2. The molecule has 2 N–H and O–H groups in total. The molecular weight excluding hydrogens is 484 g/mol. The zero-order chi connectivity index (χ0) is 27.0. The number of aliphatic imine (C=N–C) groups is 1. The molecule has 0 aliphatic carbocycles. The van der Waals surface area contributed by atoms with Gasteiger partial charge in [0.15, 0.2) is 0 Å². The van der Waals surface area contributed by atoms with Crippen LogP contribution in [0.1, 0.15) is 36.8 Å². The van der Waals surface area contributed by atoms with Crippen molar-refractivity contribution in [3.05, 3.63) is 90.0 Å². The van der Waals surface area contributed by atoms with Crippen LogP contribution in [0.5, 0.6) is 5.75 Å². The van der Waals surface area contributed by atoms with Gasteiger partial charge >= 0.3 is 0 Å². The highest BCUT2D eigenvalue weighted by Crippen LogP contribution is 2.37. The number of para-hydroxylation sites is 1. The number of hydrogen-bond acceptors (Lipinski definition) is 4. The van der Waals surface area contributed by atoms with Gasteiger partial charge in [-0.1, -0.05) is 54.6 Å². The molecule has 1 aliphatic rings. The van der Waals surface area contributed by atoms with Gasteiger partial charge in [0.05, 0.1) is 12.8 Å². The molecular formula is C33H40N4O2. The van der Waals surface area contributed by atoms with E-state index in [9.17, 15) is 0 Å². The highest BCUT2D eigenvalue weighted by Gasteiger charge is 2.22. The Morgan fingerprint density at radius 2 is 1.74 bits per heavy atom. The molecule has 0 unspecified atom stereocenters. The number of unbranched alkanes of at least 4 members (excludes halogenated alkanes) is 1. The Morgan fingerprint density at radius 1 is 0.974 bits per heavy atom. The van der Waals surface area contributed by atoms with Crippen molar-refractivity contribution < 1.29 is 9.15 Å². The van der Waals surface area contributed by atoms with Gasteiger partial charge in [0.1, 0.15) is 11.3 Å². The number of benzene rings is 3. The maximum Gasteiger partial charge on any atom is 0.208 e. The number of likely N-dealkylation sites (tertiary alicyclic amines) is 1. The highest BCUT2D eigenvalue weighted by atomic mass is 16.5. The van der Waals surface area contributed by atoms with E-state index in [-0.39, 0.29) is 0 Å². The van der Waals surface area contributed by atoms with Crippen LogP contribution in [0.15, 0.2) is 88.3 Å². The normalized spacial score (nSPS) is 15.1. The van der Waals surface area contributed by atoms with Crippen LogP contribution in [0.4, 0.5) is 11.6 Å². The average Bonchev–Trinajstić information content (AvgIpc) is 3.40. The van der Waals surface area contributed by atoms with Crippen LogP contribution in [-0.2, 0) is 12.8 Å². The molecule has 6 nitrogen and oxygen atoms in total. The van der Waals surface area contributed by atoms with Crippen molar-refractivity contribution in [3.8, 4) is 5.75 Å². The average molecular weight is 525 g/mol. The molecule has 1 saturated heterocycles. The molecule has 1 fully saturated rings. The first-order valence-electron chi connectivity index (χ1n) is 14.1. The molecule has 0 radical (unpaired) electrons. The summed E-state index contributed by atoms with van der Waals surface area (Å²) in [6, 6.07) is 27.2. The Kier molecular flexibility index (Phi) is 8.84. The van der Waals surface area contributed by atoms with E-state index < -0.39 is 0 Å². The Balaban J connectivity index is 1.19. The molecule has 5 rings (SSSR count). The van der Waals surface area contributed by atoms with Gasteiger partial charge in [-0.3, -0.25) is 4.99 Å². The second kappa shape index (κ2) is 12.9. The number of ether oxygens (including phenoxy) is 1. The monoisotopic (exact) mass is 524 g/mol. The third-order valence-electron chi connectivity index (χ3n) is 7.84. The second-order valence-corrected chi connectivity index (χ2v) is 10.5. The van der Waals surface area contributed by atoms with Gasteiger partial charge in [0, 0.05) is 18.5 Å². The van der Waals surface area contributed by atoms with E-state index in [4.69, 9.17) is 14.9 Å². The quantitative estimate of drug-likeness (QED) is 0.140. The van der Waals surface area contributed by atoms with Crippen molar-refractivity contribution in [1.29, 1.82) is 0 Å². The van der Waals surface area contributed by atoms with Gasteiger partial charge < -0.3 is 19.8 Å². The van der Waals surface area contributed by atoms with Gasteiger partial charge in [-0.2, -0.15) is 0 Å². The SMILES string of the molecule is CN=C(N)N(c1cc2ccccc2o1)c1cc(CCCCN2CCC(Cc3ccccc3)CC2)ccc1OC. The first kappa shape index (κ1) is 26.8. The predicted molar refractivity (Wildman–Crippen MR) is 161 cm³/mol. The minimum Gasteiger partial charge on any atom is -0.495 e. The lowest BCUT2D eigenvalue weighted by Gasteiger charge is -2.32. The van der Waals surface area contributed by atoms with E-state index in [1.807, 2.05) is 41.3 Å². The summed E-state index contributed by atoms with van der Waals surface area (Å²) >= 11 is 0. The standard InChI is InChI=1S/C33H40N4O2/c1-35-33(34)37(32-24-28-13-6-7-14-30(28)39-32)29-23-26(15-16-31(29)38-2)12-8-9-19-36-20-17-27(18-21-36)22-25-10-4-3-5-11-25/h3-7,10-11,13-16,23-24,27H,8-9,12,17-22H2,1-2H3,(H2,34,35). The summed E-state index contributed by atoms with van der Waals surface area (Å²) in [5.41, 5.74) is 10.7. The van der Waals surface area contributed by atoms with Crippen molar-refractivity contribution in [2.75, 3.05) is 38.7 Å². The molecule has 0 spiro atoms. The Morgan fingerprint density at radius 3 is 2.49 bits per heavy atom. The summed E-state index contributed by atoms with van der Waals surface area (Å²) in [7, 11) is 3.36. The number of nitrogens with zero attached hydrogens (tertiary/aromatic N) is 3. The molecule has 0 atom stereocenters. The van der Waals surface area contributed by atoms with Crippen LogP contribution in [0.2, 0.25) is 0 Å². The van der Waals surface area contributed by atoms with E-state index in [1.54, 1.807) is 14.2 Å². The summed E-state index contributed by atoms with van der Waals surface area (Å²) in [5, 5.41) is 1.01. The molecule has 0 saturated carbocycles. The highest BCUT2D eigenvalue weighted by molar-refractivity contribution is 6.03. The number of anilines is 2. The lowest BCUT2D eigenvalue weighted by molar-refractivity contribution is 0.181. The molecule has 1 aromatic heterocycles. The summed E-state index contributed by atoms with van der Waals surface area (Å²) < 4.78 is 11.9. The molecule has 39 heavy (non-hydrogen) atoms. The fourth-order valence-corrected chi connectivity index (χ4v) is 5.63. The first-order chi connectivity index (χ1) is 19.1. The number of aryl methyl sites for hydroxylation is 1. The van der Waals surface area contributed by atoms with Gasteiger partial charge in [-0.05, 0) is 93.4 Å². The van der Waals surface area contributed by atoms with E-state index in [0.717, 1.165) is 41.2 Å². The minimum atomic E-state index is 0.347. The van der Waals surface area contributed by atoms with Crippen LogP contribution in [0.25, 0.3) is 11.0 Å². The lowest BCUT2D eigenvalue weighted by Crippen LogP contribution is -2.35. The third kappa shape index (κ3) is 6.63. The van der Waals surface area contributed by atoms with Crippen LogP contribution >= 0.6 is 0 Å². The summed E-state index contributed by atoms with van der Waals surface area (Å²) in [6.45, 7) is 3.60. The first-order valence-corrected chi connectivity index (χ1v) is 14.1. The minimum absolute atomic E-state index is 0.347. The number of fused-ring (bicyclic) bond motifs is 1. The van der Waals surface area contributed by atoms with Gasteiger partial charge in [0.2, 0.25) is 11.8 Å². The molecule has 204 valence electrons. The molecule has 6 heteroatoms. The molecule has 2 heterocycles. The fraction of sp³-hybridized carbons (Fsp3) is 0.364. The number of rotatable bonds is 10. The summed E-state index contributed by atoms with van der Waals surface area (Å²) in [4.78, 5) is 8.75. The predicted octanol–water partition coefficient (Wildman–Crippen LogP) is 6.80. The van der Waals surface area contributed by atoms with E-state index in [2.05, 4.69) is 52.4 Å². The van der Waals surface area contributed by atoms with Crippen LogP contribution in [0.3, 0.4) is 0 Å². The number of piperidine rings is 1. The summed E-state index contributed by atoms with van der Waals surface area (Å²) in [6.07, 6.45) is 7.14. The molecule has 3 aromatic carbocycles. The van der Waals surface area contributed by atoms with E-state index >= 15 is 0 Å². The number of hydrogen-bond donors (Lipinski definition) is 1. The smallest absolute Gasteiger partial charge is 0.208 e. The van der Waals surface area contributed by atoms with E-state index in [1.165, 1.54) is 56.4 Å². The number of methoxy groups -OCH3 is 1. The Labute approximate surface area is 232 Å². The zero-order valence-corrected chi connectivity index (χ0v) is 23.2. The third-order valence-corrected chi connectivity index (χ3v) is 7.84. The maximum absolute atomic E-state index is 6.39. The summed E-state index contributed by atoms with van der Waals surface area (Å²) in [5.74, 6) is 2.50. The second-order valence-electron chi connectivity index (χ2n) is 10.5. The number of furan rings is 1. The van der Waals surface area contributed by atoms with Crippen LogP contribution in [-0.4, -0.2) is 44.7 Å². The van der Waals surface area contributed by atoms with Gasteiger partial charge in [-0.25, -0.2) is 4.90 Å². The van der Waals surface area contributed by atoms with Gasteiger partial charge in [-0.15, -0.1) is 0 Å². The molecule has 4 aromatic rings. The Bertz CT molecular complexity index is 1340. The molecule has 1 aliphatic heterocycles. The number of nitrogens with two attached hydrogens (primary N) is 1. The van der Waals surface area contributed by atoms with Crippen molar-refractivity contribution in [2.24, 2.45) is 16.6 Å². The van der Waals surface area contributed by atoms with Crippen molar-refractivity contribution >= 4 is 28.5 Å². The van der Waals surface area contributed by atoms with Crippen molar-refractivity contribution in [3.63, 3.8) is 0 Å². The maximum atomic E-state index is 6.39. The van der Waals surface area contributed by atoms with Crippen LogP contribution < -0.4 is 15.4 Å². The number of guanidine groups is 1. The van der Waals surface area contributed by atoms with Crippen molar-refractivity contribution in [1.82, 2.24) is 4.90 Å². The van der Waals surface area contributed by atoms with Crippen molar-refractivity contribution in [2.45, 2.75) is 38.5 Å². The van der Waals surface area contributed by atoms with E-state index in [0.29, 0.717) is 11.8 Å². The largest absolute Gasteiger partial charge is 0.495 e. The van der Waals surface area contributed by atoms with Gasteiger partial charge in [0.25, 0.3) is 0 Å². The fourth-order valence-electron chi connectivity index (χ4n) is 5.63.